The summed E-state index contributed by atoms with van der Waals surface area (Å²) >= 11 is 0. The molecule has 3 aromatic rings. The van der Waals surface area contributed by atoms with Crippen molar-refractivity contribution in [3.8, 4) is 0 Å². The van der Waals surface area contributed by atoms with Gasteiger partial charge in [0.1, 0.15) is 0 Å². The first-order chi connectivity index (χ1) is 15.4. The number of nitrogens with zero attached hydrogens (tertiary/aromatic N) is 1. The Morgan fingerprint density at radius 2 is 1.66 bits per heavy atom. The van der Waals surface area contributed by atoms with Gasteiger partial charge in [-0.1, -0.05) is 36.4 Å². The van der Waals surface area contributed by atoms with Crippen LogP contribution in [0.4, 0.5) is 11.4 Å². The molecule has 164 valence electrons. The lowest BCUT2D eigenvalue weighted by Crippen LogP contribution is -2.31. The van der Waals surface area contributed by atoms with Crippen LogP contribution in [0.15, 0.2) is 96.4 Å². The molecule has 0 saturated carbocycles. The maximum atomic E-state index is 13.3. The molecule has 3 aromatic carbocycles. The molecule has 1 N–H and O–H groups in total. The number of para-hydroxylation sites is 1. The van der Waals surface area contributed by atoms with E-state index >= 15 is 0 Å². The van der Waals surface area contributed by atoms with Gasteiger partial charge in [0, 0.05) is 11.3 Å². The number of ether oxygens (including phenoxy) is 1. The van der Waals surface area contributed by atoms with Gasteiger partial charge in [0.15, 0.2) is 0 Å². The summed E-state index contributed by atoms with van der Waals surface area (Å²) in [5.74, 6) is -1.04. The third-order valence-corrected chi connectivity index (χ3v) is 6.35. The van der Waals surface area contributed by atoms with Crippen LogP contribution in [0.5, 0.6) is 0 Å². The van der Waals surface area contributed by atoms with Crippen molar-refractivity contribution in [2.75, 3.05) is 23.3 Å². The molecule has 32 heavy (non-hydrogen) atoms. The highest BCUT2D eigenvalue weighted by molar-refractivity contribution is 7.92. The second kappa shape index (κ2) is 9.93. The molecule has 0 aliphatic heterocycles. The summed E-state index contributed by atoms with van der Waals surface area (Å²) in [6.07, 6.45) is 1.50. The summed E-state index contributed by atoms with van der Waals surface area (Å²) < 4.78 is 32.5. The number of nitrogens with one attached hydrogen (secondary N) is 1. The number of sulfonamides is 1. The third-order valence-electron chi connectivity index (χ3n) is 4.56. The number of carbonyl (C=O) groups is 2. The lowest BCUT2D eigenvalue weighted by molar-refractivity contribution is 0.0600. The standard InChI is InChI=1S/C24H22N2O5S/c1-3-15-26(21-12-5-4-6-13-21)32(29,30)22-14-8-9-18(17-22)23(27)25-20-11-7-10-19(16-20)24(28)31-2/h3-14,16-17H,1,15H2,2H3,(H,25,27). The molecule has 0 heterocycles. The fourth-order valence-electron chi connectivity index (χ4n) is 3.02. The predicted octanol–water partition coefficient (Wildman–Crippen LogP) is 4.11. The fraction of sp³-hybridized carbons (Fsp3) is 0.0833. The lowest BCUT2D eigenvalue weighted by atomic mass is 10.1. The van der Waals surface area contributed by atoms with Gasteiger partial charge in [-0.2, -0.15) is 0 Å². The summed E-state index contributed by atoms with van der Waals surface area (Å²) in [6.45, 7) is 3.72. The predicted molar refractivity (Wildman–Crippen MR) is 123 cm³/mol. The van der Waals surface area contributed by atoms with Gasteiger partial charge in [-0.25, -0.2) is 13.2 Å². The van der Waals surface area contributed by atoms with Crippen LogP contribution in [0, 0.1) is 0 Å². The number of amides is 1. The second-order valence-corrected chi connectivity index (χ2v) is 8.58. The molecule has 3 rings (SSSR count). The number of carbonyl (C=O) groups excluding carboxylic acids is 2. The first-order valence-electron chi connectivity index (χ1n) is 9.65. The largest absolute Gasteiger partial charge is 0.465 e. The average Bonchev–Trinajstić information content (AvgIpc) is 2.82. The van der Waals surface area contributed by atoms with Crippen LogP contribution in [0.2, 0.25) is 0 Å². The SMILES string of the molecule is C=CCN(c1ccccc1)S(=O)(=O)c1cccc(C(=O)Nc2cccc(C(=O)OC)c2)c1. The lowest BCUT2D eigenvalue weighted by Gasteiger charge is -2.23. The van der Waals surface area contributed by atoms with E-state index in [2.05, 4.69) is 16.6 Å². The molecule has 0 aliphatic rings. The molecule has 0 bridgehead atoms. The van der Waals surface area contributed by atoms with E-state index in [4.69, 9.17) is 0 Å². The molecule has 8 heteroatoms. The smallest absolute Gasteiger partial charge is 0.337 e. The van der Waals surface area contributed by atoms with Crippen molar-refractivity contribution in [1.29, 1.82) is 0 Å². The maximum Gasteiger partial charge on any atom is 0.337 e. The van der Waals surface area contributed by atoms with Crippen molar-refractivity contribution in [3.05, 3.63) is 103 Å². The van der Waals surface area contributed by atoms with Crippen LogP contribution in [-0.2, 0) is 14.8 Å². The molecule has 7 nitrogen and oxygen atoms in total. The van der Waals surface area contributed by atoms with Gasteiger partial charge in [0.2, 0.25) is 0 Å². The molecular formula is C24H22N2O5S. The van der Waals surface area contributed by atoms with Crippen molar-refractivity contribution >= 4 is 33.3 Å². The number of esters is 1. The highest BCUT2D eigenvalue weighted by Crippen LogP contribution is 2.24. The normalized spacial score (nSPS) is 10.8. The monoisotopic (exact) mass is 450 g/mol. The quantitative estimate of drug-likeness (QED) is 0.412. The van der Waals surface area contributed by atoms with Crippen LogP contribution in [0.1, 0.15) is 20.7 Å². The Labute approximate surface area is 187 Å². The highest BCUT2D eigenvalue weighted by atomic mass is 32.2. The summed E-state index contributed by atoms with van der Waals surface area (Å²) in [7, 11) is -2.68. The Bertz CT molecular complexity index is 1240. The van der Waals surface area contributed by atoms with Gasteiger partial charge in [-0.05, 0) is 48.5 Å². The number of rotatable bonds is 8. The first kappa shape index (κ1) is 22.8. The van der Waals surface area contributed by atoms with Gasteiger partial charge in [0.25, 0.3) is 15.9 Å². The number of hydrogen-bond donors (Lipinski definition) is 1. The van der Waals surface area contributed by atoms with Crippen LogP contribution < -0.4 is 9.62 Å². The summed E-state index contributed by atoms with van der Waals surface area (Å²) in [4.78, 5) is 24.4. The van der Waals surface area contributed by atoms with Crippen molar-refractivity contribution in [3.63, 3.8) is 0 Å². The Morgan fingerprint density at radius 1 is 0.969 bits per heavy atom. The van der Waals surface area contributed by atoms with E-state index < -0.39 is 21.9 Å². The van der Waals surface area contributed by atoms with Crippen molar-refractivity contribution in [1.82, 2.24) is 0 Å². The van der Waals surface area contributed by atoms with Crippen molar-refractivity contribution in [2.45, 2.75) is 4.90 Å². The fourth-order valence-corrected chi connectivity index (χ4v) is 4.51. The summed E-state index contributed by atoms with van der Waals surface area (Å²) in [6, 6.07) is 20.7. The number of anilines is 2. The molecule has 0 radical (unpaired) electrons. The summed E-state index contributed by atoms with van der Waals surface area (Å²) in [5.41, 5.74) is 1.30. The number of benzene rings is 3. The molecule has 0 fully saturated rings. The zero-order valence-corrected chi connectivity index (χ0v) is 18.2. The molecule has 0 unspecified atom stereocenters. The average molecular weight is 451 g/mol. The van der Waals surface area contributed by atoms with Gasteiger partial charge in [-0.15, -0.1) is 6.58 Å². The minimum atomic E-state index is -3.95. The van der Waals surface area contributed by atoms with Gasteiger partial charge < -0.3 is 10.1 Å². The summed E-state index contributed by atoms with van der Waals surface area (Å²) in [5, 5.41) is 2.67. The molecule has 0 atom stereocenters. The molecule has 0 saturated heterocycles. The van der Waals surface area contributed by atoms with Crippen LogP contribution in [-0.4, -0.2) is 33.9 Å². The topological polar surface area (TPSA) is 92.8 Å². The highest BCUT2D eigenvalue weighted by Gasteiger charge is 2.25. The number of hydrogen-bond acceptors (Lipinski definition) is 5. The van der Waals surface area contributed by atoms with E-state index in [-0.39, 0.29) is 22.6 Å². The Kier molecular flexibility index (Phi) is 7.07. The minimum absolute atomic E-state index is 0.0286. The van der Waals surface area contributed by atoms with Gasteiger partial charge >= 0.3 is 5.97 Å². The molecular weight excluding hydrogens is 428 g/mol. The van der Waals surface area contributed by atoms with E-state index in [1.807, 2.05) is 0 Å². The Balaban J connectivity index is 1.89. The first-order valence-corrected chi connectivity index (χ1v) is 11.1. The molecule has 0 aliphatic carbocycles. The third kappa shape index (κ3) is 5.04. The van der Waals surface area contributed by atoms with E-state index in [1.165, 1.54) is 47.8 Å². The second-order valence-electron chi connectivity index (χ2n) is 6.71. The Hall–Kier alpha value is -3.91. The zero-order valence-electron chi connectivity index (χ0n) is 17.4. The zero-order chi connectivity index (χ0) is 23.1. The maximum absolute atomic E-state index is 13.3. The van der Waals surface area contributed by atoms with Gasteiger partial charge in [0.05, 0.1) is 29.8 Å². The van der Waals surface area contributed by atoms with Crippen LogP contribution in [0.25, 0.3) is 0 Å². The molecule has 1 amide bonds. The van der Waals surface area contributed by atoms with Crippen molar-refractivity contribution in [2.24, 2.45) is 0 Å². The van der Waals surface area contributed by atoms with E-state index in [0.717, 1.165) is 0 Å². The van der Waals surface area contributed by atoms with E-state index in [0.29, 0.717) is 11.4 Å². The van der Waals surface area contributed by atoms with Gasteiger partial charge in [-0.3, -0.25) is 9.10 Å². The molecule has 0 aromatic heterocycles. The van der Waals surface area contributed by atoms with Crippen molar-refractivity contribution < 1.29 is 22.7 Å². The Morgan fingerprint density at radius 3 is 2.34 bits per heavy atom. The number of methoxy groups -OCH3 is 1. The van der Waals surface area contributed by atoms with E-state index in [9.17, 15) is 18.0 Å². The molecule has 0 spiro atoms. The van der Waals surface area contributed by atoms with Crippen LogP contribution in [0.3, 0.4) is 0 Å². The van der Waals surface area contributed by atoms with E-state index in [1.54, 1.807) is 48.5 Å². The minimum Gasteiger partial charge on any atom is -0.465 e. The van der Waals surface area contributed by atoms with Crippen LogP contribution >= 0.6 is 0 Å².